The van der Waals surface area contributed by atoms with Crippen LogP contribution in [-0.4, -0.2) is 26.5 Å². The molecule has 1 aliphatic heterocycles. The van der Waals surface area contributed by atoms with Gasteiger partial charge in [0, 0.05) is 0 Å². The average molecular weight is 295 g/mol. The fourth-order valence-electron chi connectivity index (χ4n) is 2.97. The molecule has 2 aliphatic rings. The van der Waals surface area contributed by atoms with Crippen LogP contribution >= 0.6 is 0 Å². The van der Waals surface area contributed by atoms with Gasteiger partial charge in [-0.2, -0.15) is 0 Å². The Hall–Kier alpha value is -0.791. The molecule has 1 saturated carbocycles. The zero-order valence-corrected chi connectivity index (χ0v) is 11.6. The van der Waals surface area contributed by atoms with E-state index in [1.807, 2.05) is 6.07 Å². The molecule has 0 amide bonds. The van der Waals surface area contributed by atoms with Crippen molar-refractivity contribution >= 4 is 25.4 Å². The monoisotopic (exact) mass is 296 g/mol. The van der Waals surface area contributed by atoms with Gasteiger partial charge >= 0.3 is 108 Å². The second kappa shape index (κ2) is 4.15. The van der Waals surface area contributed by atoms with E-state index in [0.29, 0.717) is 32.1 Å². The van der Waals surface area contributed by atoms with Gasteiger partial charge in [0.1, 0.15) is 0 Å². The normalized spacial score (nSPS) is 35.7. The molecule has 17 heavy (non-hydrogen) atoms. The van der Waals surface area contributed by atoms with Crippen LogP contribution in [0.25, 0.3) is 0 Å². The molecule has 2 fully saturated rings. The molecule has 1 aromatic rings. The fourth-order valence-corrected chi connectivity index (χ4v) is 5.85. The molecule has 1 aromatic carbocycles. The Labute approximate surface area is 108 Å². The quantitative estimate of drug-likeness (QED) is 0.615. The van der Waals surface area contributed by atoms with Crippen molar-refractivity contribution in [1.82, 2.24) is 0 Å². The topological polar surface area (TPSA) is 26.3 Å². The van der Waals surface area contributed by atoms with E-state index in [0.717, 1.165) is 6.42 Å². The van der Waals surface area contributed by atoms with Gasteiger partial charge in [-0.25, -0.2) is 0 Å². The number of carbonyl (C=O) groups is 1. The van der Waals surface area contributed by atoms with Gasteiger partial charge in [-0.1, -0.05) is 0 Å². The van der Waals surface area contributed by atoms with Crippen molar-refractivity contribution in [3.05, 3.63) is 30.3 Å². The number of hydrogen-bond acceptors (Lipinski definition) is 2. The van der Waals surface area contributed by atoms with E-state index < -0.39 is 0 Å². The van der Waals surface area contributed by atoms with Crippen molar-refractivity contribution in [2.24, 2.45) is 5.92 Å². The molecule has 0 aromatic heterocycles. The summed E-state index contributed by atoms with van der Waals surface area (Å²) in [6.45, 7) is 2.14. The molecule has 0 N–H and O–H groups in total. The van der Waals surface area contributed by atoms with E-state index in [9.17, 15) is 4.79 Å². The van der Waals surface area contributed by atoms with Crippen LogP contribution in [0.3, 0.4) is 0 Å². The van der Waals surface area contributed by atoms with Gasteiger partial charge in [-0.05, 0) is 0 Å². The van der Waals surface area contributed by atoms with Crippen molar-refractivity contribution in [2.75, 3.05) is 0 Å². The third-order valence-electron chi connectivity index (χ3n) is 4.00. The van der Waals surface area contributed by atoms with Gasteiger partial charge < -0.3 is 0 Å². The summed E-state index contributed by atoms with van der Waals surface area (Å²) >= 11 is 0.412. The average Bonchev–Trinajstić information content (AvgIpc) is 2.75. The minimum absolute atomic E-state index is 0.00561. The number of hydrogen-bond donors (Lipinski definition) is 0. The molecular formula is C14H16O2Se. The third-order valence-corrected chi connectivity index (χ3v) is 7.21. The summed E-state index contributed by atoms with van der Waals surface area (Å²) in [5, 5.41) is 0. The molecule has 3 atom stereocenters. The second-order valence-corrected chi connectivity index (χ2v) is 7.73. The van der Waals surface area contributed by atoms with Gasteiger partial charge in [0.25, 0.3) is 0 Å². The molecule has 1 saturated heterocycles. The second-order valence-electron chi connectivity index (χ2n) is 5.06. The molecule has 1 aliphatic carbocycles. The van der Waals surface area contributed by atoms with Crippen molar-refractivity contribution in [3.8, 4) is 0 Å². The molecule has 3 heteroatoms. The molecule has 0 spiro atoms. The Balaban J connectivity index is 1.79. The number of rotatable bonds is 2. The van der Waals surface area contributed by atoms with Crippen LogP contribution in [0.15, 0.2) is 30.3 Å². The number of esters is 1. The van der Waals surface area contributed by atoms with Crippen molar-refractivity contribution in [1.29, 1.82) is 0 Å². The maximum atomic E-state index is 11.4. The van der Waals surface area contributed by atoms with Crippen LogP contribution in [-0.2, 0) is 9.53 Å². The first-order valence-electron chi connectivity index (χ1n) is 6.12. The number of benzene rings is 1. The summed E-state index contributed by atoms with van der Waals surface area (Å²) in [6, 6.07) is 10.6. The summed E-state index contributed by atoms with van der Waals surface area (Å²) in [4.78, 5) is 12.0. The zero-order valence-electron chi connectivity index (χ0n) is 9.89. The Bertz CT molecular complexity index is 431. The van der Waals surface area contributed by atoms with Gasteiger partial charge in [-0.3, -0.25) is 0 Å². The van der Waals surface area contributed by atoms with E-state index >= 15 is 0 Å². The van der Waals surface area contributed by atoms with E-state index in [1.165, 1.54) is 10.9 Å². The Morgan fingerprint density at radius 2 is 2.06 bits per heavy atom. The first-order valence-corrected chi connectivity index (χ1v) is 7.96. The Kier molecular flexibility index (Phi) is 2.76. The first kappa shape index (κ1) is 11.3. The molecule has 3 rings (SSSR count). The van der Waals surface area contributed by atoms with Crippen LogP contribution < -0.4 is 4.46 Å². The summed E-state index contributed by atoms with van der Waals surface area (Å²) in [5.74, 6) is 0.469. The van der Waals surface area contributed by atoms with E-state index in [2.05, 4.69) is 31.2 Å². The predicted octanol–water partition coefficient (Wildman–Crippen LogP) is 1.92. The maximum absolute atomic E-state index is 11.4. The zero-order chi connectivity index (χ0) is 11.9. The molecular weight excluding hydrogens is 279 g/mol. The predicted molar refractivity (Wildman–Crippen MR) is 67.4 cm³/mol. The minimum atomic E-state index is -0.174. The molecule has 0 bridgehead atoms. The van der Waals surface area contributed by atoms with Crippen molar-refractivity contribution < 1.29 is 9.53 Å². The number of ether oxygens (including phenoxy) is 1. The van der Waals surface area contributed by atoms with Crippen LogP contribution in [0, 0.1) is 5.92 Å². The summed E-state index contributed by atoms with van der Waals surface area (Å²) in [5.41, 5.74) is -0.174. The molecule has 0 radical (unpaired) electrons. The summed E-state index contributed by atoms with van der Waals surface area (Å²) in [7, 11) is 0. The van der Waals surface area contributed by atoms with Crippen molar-refractivity contribution in [3.63, 3.8) is 0 Å². The molecule has 0 unspecified atom stereocenters. The Morgan fingerprint density at radius 3 is 2.82 bits per heavy atom. The number of carbonyl (C=O) groups excluding carboxylic acids is 1. The van der Waals surface area contributed by atoms with Crippen LogP contribution in [0.1, 0.15) is 26.2 Å². The van der Waals surface area contributed by atoms with Gasteiger partial charge in [0.05, 0.1) is 0 Å². The Morgan fingerprint density at radius 1 is 1.29 bits per heavy atom. The molecule has 90 valence electrons. The first-order chi connectivity index (χ1) is 8.18. The summed E-state index contributed by atoms with van der Waals surface area (Å²) in [6.07, 6.45) is 3.00. The third kappa shape index (κ3) is 1.92. The molecule has 2 nitrogen and oxygen atoms in total. The summed E-state index contributed by atoms with van der Waals surface area (Å²) < 4.78 is 7.05. The van der Waals surface area contributed by atoms with Crippen LogP contribution in [0.4, 0.5) is 0 Å². The van der Waals surface area contributed by atoms with E-state index in [4.69, 9.17) is 4.74 Å². The van der Waals surface area contributed by atoms with Crippen LogP contribution in [0.2, 0.25) is 4.82 Å². The van der Waals surface area contributed by atoms with E-state index in [1.54, 1.807) is 0 Å². The fraction of sp³-hybridized carbons (Fsp3) is 0.500. The SMILES string of the molecule is C[C@@]12OC(=O)C[C@@H]1CC[C@H]2[Se]c1ccccc1. The van der Waals surface area contributed by atoms with Gasteiger partial charge in [0.15, 0.2) is 0 Å². The van der Waals surface area contributed by atoms with Crippen LogP contribution in [0.5, 0.6) is 0 Å². The standard InChI is InChI=1S/C14H16O2Se/c1-14-10(9-13(15)16-14)7-8-12(14)17-11-5-3-2-4-6-11/h2-6,10,12H,7-9H2,1H3/t10-,12+,14+/m0/s1. The van der Waals surface area contributed by atoms with E-state index in [-0.39, 0.29) is 11.6 Å². The molecule has 1 heterocycles. The van der Waals surface area contributed by atoms with Gasteiger partial charge in [-0.15, -0.1) is 0 Å². The van der Waals surface area contributed by atoms with Gasteiger partial charge in [0.2, 0.25) is 0 Å². The van der Waals surface area contributed by atoms with Crippen molar-refractivity contribution in [2.45, 2.75) is 36.6 Å². The number of fused-ring (bicyclic) bond motifs is 1.